The minimum Gasteiger partial charge on any atom is -0.460 e. The highest BCUT2D eigenvalue weighted by molar-refractivity contribution is 6.41. The molecule has 0 saturated heterocycles. The van der Waals surface area contributed by atoms with Crippen LogP contribution in [0.4, 0.5) is 0 Å². The monoisotopic (exact) mass is 358 g/mol. The molecule has 0 fully saturated rings. The van der Waals surface area contributed by atoms with Crippen LogP contribution in [0.25, 0.3) is 16.9 Å². The van der Waals surface area contributed by atoms with Gasteiger partial charge in [-0.15, -0.1) is 0 Å². The van der Waals surface area contributed by atoms with Crippen molar-refractivity contribution in [3.63, 3.8) is 0 Å². The standard InChI is InChI=1S/C21H18N4O2/c1-14-16(12-15-8-4-3-5-9-15)17(20(25-22)21(26)27-2)13-19(24-14)18-10-6-7-11-23-18/h3-11,13H,12H2,1-2H3. The fraction of sp³-hybridized carbons (Fsp3) is 0.143. The second-order valence-corrected chi connectivity index (χ2v) is 5.94. The zero-order valence-electron chi connectivity index (χ0n) is 15.1. The van der Waals surface area contributed by atoms with E-state index in [0.717, 1.165) is 16.8 Å². The first-order chi connectivity index (χ1) is 13.1. The molecule has 27 heavy (non-hydrogen) atoms. The van der Waals surface area contributed by atoms with Crippen LogP contribution in [-0.4, -0.2) is 33.5 Å². The van der Waals surface area contributed by atoms with Gasteiger partial charge in [0.25, 0.3) is 0 Å². The molecule has 0 spiro atoms. The van der Waals surface area contributed by atoms with Gasteiger partial charge in [0, 0.05) is 18.3 Å². The first-order valence-corrected chi connectivity index (χ1v) is 8.40. The van der Waals surface area contributed by atoms with Crippen molar-refractivity contribution in [3.8, 4) is 11.4 Å². The Morgan fingerprint density at radius 1 is 1.11 bits per heavy atom. The molecule has 3 aromatic rings. The SMILES string of the molecule is COC(=O)C(=[N+]=[N-])c1cc(-c2ccccn2)nc(C)c1Cc1ccccc1. The maximum absolute atomic E-state index is 12.2. The van der Waals surface area contributed by atoms with Crippen LogP contribution in [0, 0.1) is 6.92 Å². The van der Waals surface area contributed by atoms with E-state index in [1.165, 1.54) is 7.11 Å². The Hall–Kier alpha value is -3.63. The third-order valence-corrected chi connectivity index (χ3v) is 4.22. The molecule has 2 aromatic heterocycles. The molecule has 0 atom stereocenters. The van der Waals surface area contributed by atoms with Gasteiger partial charge in [0.05, 0.1) is 24.1 Å². The first-order valence-electron chi connectivity index (χ1n) is 8.40. The number of aryl methyl sites for hydroxylation is 1. The highest BCUT2D eigenvalue weighted by Gasteiger charge is 2.29. The van der Waals surface area contributed by atoms with E-state index in [4.69, 9.17) is 4.74 Å². The summed E-state index contributed by atoms with van der Waals surface area (Å²) in [6.45, 7) is 1.86. The van der Waals surface area contributed by atoms with Crippen molar-refractivity contribution < 1.29 is 14.3 Å². The highest BCUT2D eigenvalue weighted by atomic mass is 16.5. The number of rotatable bonds is 5. The van der Waals surface area contributed by atoms with Crippen LogP contribution in [0.1, 0.15) is 22.4 Å². The van der Waals surface area contributed by atoms with Crippen molar-refractivity contribution >= 4 is 11.7 Å². The number of carbonyl (C=O) groups excluding carboxylic acids is 1. The van der Waals surface area contributed by atoms with E-state index in [9.17, 15) is 10.3 Å². The summed E-state index contributed by atoms with van der Waals surface area (Å²) in [5.74, 6) is -0.718. The van der Waals surface area contributed by atoms with Gasteiger partial charge < -0.3 is 10.3 Å². The Kier molecular flexibility index (Phi) is 5.50. The van der Waals surface area contributed by atoms with E-state index >= 15 is 0 Å². The molecule has 2 heterocycles. The summed E-state index contributed by atoms with van der Waals surface area (Å²) in [5, 5.41) is 0. The second-order valence-electron chi connectivity index (χ2n) is 5.94. The summed E-state index contributed by atoms with van der Waals surface area (Å²) in [5.41, 5.74) is 13.6. The van der Waals surface area contributed by atoms with Gasteiger partial charge in [0.1, 0.15) is 0 Å². The first kappa shape index (κ1) is 18.2. The Morgan fingerprint density at radius 3 is 2.48 bits per heavy atom. The lowest BCUT2D eigenvalue weighted by atomic mass is 9.94. The van der Waals surface area contributed by atoms with Crippen LogP contribution in [0.5, 0.6) is 0 Å². The number of hydrogen-bond donors (Lipinski definition) is 0. The molecule has 6 heteroatoms. The van der Waals surface area contributed by atoms with Crippen LogP contribution >= 0.6 is 0 Å². The lowest BCUT2D eigenvalue weighted by molar-refractivity contribution is -0.137. The zero-order chi connectivity index (χ0) is 19.2. The van der Waals surface area contributed by atoms with Gasteiger partial charge in [-0.2, -0.15) is 4.79 Å². The van der Waals surface area contributed by atoms with Crippen LogP contribution in [0.3, 0.4) is 0 Å². The Morgan fingerprint density at radius 2 is 1.85 bits per heavy atom. The zero-order valence-corrected chi connectivity index (χ0v) is 15.1. The maximum Gasteiger partial charge on any atom is 0.422 e. The number of carbonyl (C=O) groups is 1. The molecule has 0 aliphatic heterocycles. The summed E-state index contributed by atoms with van der Waals surface area (Å²) in [7, 11) is 1.25. The van der Waals surface area contributed by atoms with Crippen LogP contribution < -0.4 is 0 Å². The van der Waals surface area contributed by atoms with Crippen molar-refractivity contribution in [2.45, 2.75) is 13.3 Å². The van der Waals surface area contributed by atoms with Gasteiger partial charge in [-0.25, -0.2) is 4.79 Å². The van der Waals surface area contributed by atoms with Crippen molar-refractivity contribution in [1.82, 2.24) is 9.97 Å². The number of ether oxygens (including phenoxy) is 1. The quantitative estimate of drug-likeness (QED) is 0.303. The van der Waals surface area contributed by atoms with Gasteiger partial charge >= 0.3 is 11.7 Å². The van der Waals surface area contributed by atoms with Crippen molar-refractivity contribution in [1.29, 1.82) is 0 Å². The molecule has 0 unspecified atom stereocenters. The normalized spacial score (nSPS) is 10.1. The average Bonchev–Trinajstić information content (AvgIpc) is 2.71. The van der Waals surface area contributed by atoms with Gasteiger partial charge in [-0.05, 0) is 36.2 Å². The number of nitrogens with zero attached hydrogens (tertiary/aromatic N) is 4. The second kappa shape index (κ2) is 8.17. The number of esters is 1. The van der Waals surface area contributed by atoms with Crippen LogP contribution in [0.15, 0.2) is 60.8 Å². The fourth-order valence-corrected chi connectivity index (χ4v) is 2.88. The molecule has 134 valence electrons. The minimum atomic E-state index is -0.718. The lowest BCUT2D eigenvalue weighted by Gasteiger charge is -2.12. The predicted molar refractivity (Wildman–Crippen MR) is 101 cm³/mol. The van der Waals surface area contributed by atoms with Crippen LogP contribution in [-0.2, 0) is 16.0 Å². The van der Waals surface area contributed by atoms with E-state index in [-0.39, 0.29) is 5.71 Å². The number of methoxy groups -OCH3 is 1. The van der Waals surface area contributed by atoms with Crippen molar-refractivity contribution in [2.24, 2.45) is 0 Å². The molecule has 0 radical (unpaired) electrons. The van der Waals surface area contributed by atoms with Gasteiger partial charge in [-0.3, -0.25) is 9.97 Å². The summed E-state index contributed by atoms with van der Waals surface area (Å²) < 4.78 is 4.78. The topological polar surface area (TPSA) is 88.5 Å². The van der Waals surface area contributed by atoms with E-state index in [1.54, 1.807) is 12.3 Å². The molecule has 1 aromatic carbocycles. The van der Waals surface area contributed by atoms with Crippen LogP contribution in [0.2, 0.25) is 0 Å². The molecule has 0 saturated carbocycles. The fourth-order valence-electron chi connectivity index (χ4n) is 2.88. The van der Waals surface area contributed by atoms with E-state index in [0.29, 0.717) is 23.4 Å². The summed E-state index contributed by atoms with van der Waals surface area (Å²) >= 11 is 0. The lowest BCUT2D eigenvalue weighted by Crippen LogP contribution is -2.21. The molecular weight excluding hydrogens is 340 g/mol. The van der Waals surface area contributed by atoms with Gasteiger partial charge in [-0.1, -0.05) is 36.4 Å². The van der Waals surface area contributed by atoms with Gasteiger partial charge in [0.2, 0.25) is 0 Å². The summed E-state index contributed by atoms with van der Waals surface area (Å²) in [6.07, 6.45) is 2.21. The third kappa shape index (κ3) is 3.97. The third-order valence-electron chi connectivity index (χ3n) is 4.22. The molecule has 3 rings (SSSR count). The maximum atomic E-state index is 12.2. The molecule has 0 aliphatic rings. The minimum absolute atomic E-state index is 0.161. The Bertz CT molecular complexity index is 1010. The average molecular weight is 358 g/mol. The number of hydrogen-bond acceptors (Lipinski definition) is 4. The molecule has 0 N–H and O–H groups in total. The van der Waals surface area contributed by atoms with Crippen molar-refractivity contribution in [2.75, 3.05) is 7.11 Å². The summed E-state index contributed by atoms with van der Waals surface area (Å²) in [6, 6.07) is 17.0. The Balaban J connectivity index is 2.19. The number of pyridine rings is 2. The van der Waals surface area contributed by atoms with E-state index in [2.05, 4.69) is 14.8 Å². The highest BCUT2D eigenvalue weighted by Crippen LogP contribution is 2.24. The van der Waals surface area contributed by atoms with E-state index < -0.39 is 5.97 Å². The molecule has 0 bridgehead atoms. The number of aromatic nitrogens is 2. The van der Waals surface area contributed by atoms with Crippen molar-refractivity contribution in [3.05, 3.63) is 88.7 Å². The number of benzene rings is 1. The molecular formula is C21H18N4O2. The van der Waals surface area contributed by atoms with E-state index in [1.807, 2.05) is 55.5 Å². The smallest absolute Gasteiger partial charge is 0.422 e. The molecule has 0 aliphatic carbocycles. The molecule has 0 amide bonds. The van der Waals surface area contributed by atoms with Gasteiger partial charge in [0.15, 0.2) is 0 Å². The summed E-state index contributed by atoms with van der Waals surface area (Å²) in [4.78, 5) is 24.3. The Labute approximate surface area is 157 Å². The molecule has 6 nitrogen and oxygen atoms in total. The largest absolute Gasteiger partial charge is 0.460 e. The predicted octanol–water partition coefficient (Wildman–Crippen LogP) is 3.23.